The lowest BCUT2D eigenvalue weighted by molar-refractivity contribution is 0.700. The van der Waals surface area contributed by atoms with Gasteiger partial charge in [-0.15, -0.1) is 11.3 Å². The number of hydrogen-bond donors (Lipinski definition) is 1. The van der Waals surface area contributed by atoms with E-state index in [1.807, 2.05) is 0 Å². The van der Waals surface area contributed by atoms with Crippen LogP contribution < -0.4 is 10.2 Å². The van der Waals surface area contributed by atoms with Crippen molar-refractivity contribution >= 4 is 50.3 Å². The molecule has 1 saturated heterocycles. The van der Waals surface area contributed by atoms with Gasteiger partial charge in [-0.05, 0) is 80.0 Å². The van der Waals surface area contributed by atoms with Crippen LogP contribution in [-0.4, -0.2) is 23.1 Å². The van der Waals surface area contributed by atoms with Crippen molar-refractivity contribution in [3.8, 4) is 0 Å². The maximum atomic E-state index is 6.20. The summed E-state index contributed by atoms with van der Waals surface area (Å²) in [6, 6.07) is 8.65. The Morgan fingerprint density at radius 1 is 0.962 bits per heavy atom. The van der Waals surface area contributed by atoms with Gasteiger partial charge >= 0.3 is 0 Å². The highest BCUT2D eigenvalue weighted by atomic mass is 35.5. The van der Waals surface area contributed by atoms with E-state index in [1.54, 1.807) is 11.3 Å². The Kier molecular flexibility index (Phi) is 4.21. The standard InChI is InChI=1S/C20H21ClN4S/c21-20-23-18(17-15-5-1-2-6-16(15)26-19(17)24-20)22-13-7-9-14(10-8-13)25-11-3-4-12-25/h7-10H,1-6,11-12H2,(H,22,23,24). The van der Waals surface area contributed by atoms with Gasteiger partial charge in [0, 0.05) is 29.3 Å². The van der Waals surface area contributed by atoms with E-state index in [9.17, 15) is 0 Å². The van der Waals surface area contributed by atoms with E-state index in [-0.39, 0.29) is 0 Å². The third-order valence-corrected chi connectivity index (χ3v) is 6.74. The topological polar surface area (TPSA) is 41.1 Å². The minimum atomic E-state index is 0.312. The lowest BCUT2D eigenvalue weighted by Gasteiger charge is -2.18. The Balaban J connectivity index is 1.49. The second kappa shape index (κ2) is 6.71. The highest BCUT2D eigenvalue weighted by Gasteiger charge is 2.21. The van der Waals surface area contributed by atoms with Crippen LogP contribution in [0.3, 0.4) is 0 Å². The van der Waals surface area contributed by atoms with Gasteiger partial charge in [-0.1, -0.05) is 0 Å². The number of aryl methyl sites for hydroxylation is 2. The number of benzene rings is 1. The highest BCUT2D eigenvalue weighted by Crippen LogP contribution is 2.40. The Morgan fingerprint density at radius 2 is 1.73 bits per heavy atom. The first-order valence-corrected chi connectivity index (χ1v) is 10.6. The van der Waals surface area contributed by atoms with Crippen molar-refractivity contribution in [2.45, 2.75) is 38.5 Å². The number of nitrogens with zero attached hydrogens (tertiary/aromatic N) is 3. The van der Waals surface area contributed by atoms with Crippen LogP contribution in [0, 0.1) is 0 Å². The molecule has 4 nitrogen and oxygen atoms in total. The predicted molar refractivity (Wildman–Crippen MR) is 110 cm³/mol. The van der Waals surface area contributed by atoms with Gasteiger partial charge < -0.3 is 10.2 Å². The lowest BCUT2D eigenvalue weighted by Crippen LogP contribution is -2.17. The minimum absolute atomic E-state index is 0.312. The van der Waals surface area contributed by atoms with Gasteiger partial charge in [0.15, 0.2) is 0 Å². The van der Waals surface area contributed by atoms with E-state index in [1.165, 1.54) is 41.8 Å². The Morgan fingerprint density at radius 3 is 2.54 bits per heavy atom. The second-order valence-corrected chi connectivity index (χ2v) is 8.52. The number of halogens is 1. The number of aromatic nitrogens is 2. The first kappa shape index (κ1) is 16.3. The number of thiophene rings is 1. The molecule has 0 unspecified atom stereocenters. The Labute approximate surface area is 162 Å². The van der Waals surface area contributed by atoms with Crippen LogP contribution in [0.4, 0.5) is 17.2 Å². The van der Waals surface area contributed by atoms with Crippen LogP contribution in [0.5, 0.6) is 0 Å². The number of nitrogens with one attached hydrogen (secondary N) is 1. The van der Waals surface area contributed by atoms with Crippen LogP contribution in [0.25, 0.3) is 10.2 Å². The summed E-state index contributed by atoms with van der Waals surface area (Å²) in [5.74, 6) is 0.841. The summed E-state index contributed by atoms with van der Waals surface area (Å²) in [5, 5.41) is 4.97. The number of fused-ring (bicyclic) bond motifs is 3. The molecule has 26 heavy (non-hydrogen) atoms. The van der Waals surface area contributed by atoms with E-state index < -0.39 is 0 Å². The number of hydrogen-bond acceptors (Lipinski definition) is 5. The average Bonchev–Trinajstić information content (AvgIpc) is 3.29. The monoisotopic (exact) mass is 384 g/mol. The zero-order valence-corrected chi connectivity index (χ0v) is 16.2. The quantitative estimate of drug-likeness (QED) is 0.599. The fraction of sp³-hybridized carbons (Fsp3) is 0.400. The van der Waals surface area contributed by atoms with Gasteiger partial charge in [0.1, 0.15) is 10.6 Å². The van der Waals surface area contributed by atoms with Crippen molar-refractivity contribution in [3.05, 3.63) is 40.0 Å². The molecular weight excluding hydrogens is 364 g/mol. The molecule has 1 aromatic carbocycles. The SMILES string of the molecule is Clc1nc(Nc2ccc(N3CCCC3)cc2)c2c3c(sc2n1)CCCC3. The molecule has 1 aliphatic heterocycles. The molecule has 5 rings (SSSR count). The van der Waals surface area contributed by atoms with Crippen LogP contribution in [0.2, 0.25) is 5.28 Å². The number of anilines is 3. The molecule has 1 N–H and O–H groups in total. The van der Waals surface area contributed by atoms with E-state index >= 15 is 0 Å². The van der Waals surface area contributed by atoms with Crippen molar-refractivity contribution in [3.63, 3.8) is 0 Å². The maximum absolute atomic E-state index is 6.20. The van der Waals surface area contributed by atoms with Crippen molar-refractivity contribution in [1.29, 1.82) is 0 Å². The van der Waals surface area contributed by atoms with E-state index in [4.69, 9.17) is 11.6 Å². The average molecular weight is 385 g/mol. The molecule has 1 aliphatic carbocycles. The summed E-state index contributed by atoms with van der Waals surface area (Å²) >= 11 is 7.98. The summed E-state index contributed by atoms with van der Waals surface area (Å²) in [5.41, 5.74) is 3.76. The third kappa shape index (κ3) is 2.93. The molecule has 3 aromatic rings. The van der Waals surface area contributed by atoms with Gasteiger partial charge in [0.25, 0.3) is 0 Å². The predicted octanol–water partition coefficient (Wildman–Crippen LogP) is 5.57. The van der Waals surface area contributed by atoms with E-state index in [2.05, 4.69) is 44.5 Å². The zero-order chi connectivity index (χ0) is 17.5. The van der Waals surface area contributed by atoms with Gasteiger partial charge in [0.2, 0.25) is 5.28 Å². The van der Waals surface area contributed by atoms with Crippen LogP contribution >= 0.6 is 22.9 Å². The Bertz CT molecular complexity index is 945. The molecule has 2 aliphatic rings. The zero-order valence-electron chi connectivity index (χ0n) is 14.6. The molecule has 0 saturated carbocycles. The summed E-state index contributed by atoms with van der Waals surface area (Å²) in [6.07, 6.45) is 7.36. The highest BCUT2D eigenvalue weighted by molar-refractivity contribution is 7.19. The van der Waals surface area contributed by atoms with E-state index in [0.717, 1.165) is 47.7 Å². The fourth-order valence-electron chi connectivity index (χ4n) is 4.09. The molecular formula is C20H21ClN4S. The lowest BCUT2D eigenvalue weighted by atomic mass is 9.97. The summed E-state index contributed by atoms with van der Waals surface area (Å²) < 4.78 is 0. The van der Waals surface area contributed by atoms with Crippen LogP contribution in [-0.2, 0) is 12.8 Å². The van der Waals surface area contributed by atoms with Crippen molar-refractivity contribution in [1.82, 2.24) is 9.97 Å². The van der Waals surface area contributed by atoms with Crippen LogP contribution in [0.1, 0.15) is 36.1 Å². The molecule has 0 amide bonds. The van der Waals surface area contributed by atoms with Gasteiger partial charge in [0.05, 0.1) is 5.39 Å². The van der Waals surface area contributed by atoms with E-state index in [0.29, 0.717) is 5.28 Å². The maximum Gasteiger partial charge on any atom is 0.225 e. The summed E-state index contributed by atoms with van der Waals surface area (Å²) in [4.78, 5) is 13.9. The van der Waals surface area contributed by atoms with Crippen LogP contribution in [0.15, 0.2) is 24.3 Å². The molecule has 0 spiro atoms. The Hall–Kier alpha value is -1.85. The molecule has 2 aromatic heterocycles. The normalized spacial score (nSPS) is 16.9. The molecule has 0 bridgehead atoms. The molecule has 134 valence electrons. The molecule has 1 fully saturated rings. The van der Waals surface area contributed by atoms with Gasteiger partial charge in [-0.3, -0.25) is 0 Å². The van der Waals surface area contributed by atoms with Crippen molar-refractivity contribution in [2.75, 3.05) is 23.3 Å². The smallest absolute Gasteiger partial charge is 0.225 e. The van der Waals surface area contributed by atoms with Crippen molar-refractivity contribution in [2.24, 2.45) is 0 Å². The van der Waals surface area contributed by atoms with Crippen molar-refractivity contribution < 1.29 is 0 Å². The molecule has 0 radical (unpaired) electrons. The fourth-order valence-corrected chi connectivity index (χ4v) is 5.57. The van der Waals surface area contributed by atoms with Gasteiger partial charge in [-0.2, -0.15) is 4.98 Å². The minimum Gasteiger partial charge on any atom is -0.372 e. The second-order valence-electron chi connectivity index (χ2n) is 7.10. The summed E-state index contributed by atoms with van der Waals surface area (Å²) in [6.45, 7) is 2.33. The largest absolute Gasteiger partial charge is 0.372 e. The molecule has 6 heteroatoms. The molecule has 3 heterocycles. The molecule has 0 atom stereocenters. The first-order valence-electron chi connectivity index (χ1n) is 9.38. The summed E-state index contributed by atoms with van der Waals surface area (Å²) in [7, 11) is 0. The van der Waals surface area contributed by atoms with Gasteiger partial charge in [-0.25, -0.2) is 4.98 Å². The number of rotatable bonds is 3. The third-order valence-electron chi connectivity index (χ3n) is 5.39. The first-order chi connectivity index (χ1) is 12.8.